The van der Waals surface area contributed by atoms with Crippen molar-refractivity contribution in [3.8, 4) is 0 Å². The van der Waals surface area contributed by atoms with Crippen molar-refractivity contribution in [1.29, 1.82) is 0 Å². The minimum atomic E-state index is -0.0443. The summed E-state index contributed by atoms with van der Waals surface area (Å²) in [6, 6.07) is 8.32. The van der Waals surface area contributed by atoms with Crippen LogP contribution in [0.1, 0.15) is 38.7 Å². The van der Waals surface area contributed by atoms with E-state index in [1.165, 1.54) is 11.3 Å². The summed E-state index contributed by atoms with van der Waals surface area (Å²) in [6.45, 7) is 5.35. The highest BCUT2D eigenvalue weighted by Gasteiger charge is 2.18. The second-order valence-corrected chi connectivity index (χ2v) is 5.29. The average Bonchev–Trinajstić information content (AvgIpc) is 2.46. The quantitative estimate of drug-likeness (QED) is 0.662. The van der Waals surface area contributed by atoms with Crippen LogP contribution in [0.25, 0.3) is 0 Å². The van der Waals surface area contributed by atoms with Crippen molar-refractivity contribution in [2.24, 2.45) is 5.10 Å². The Morgan fingerprint density at radius 1 is 1.40 bits per heavy atom. The molecule has 4 heteroatoms. The molecule has 108 valence electrons. The largest absolute Gasteiger partial charge is 0.362 e. The molecule has 2 rings (SSSR count). The van der Waals surface area contributed by atoms with E-state index >= 15 is 0 Å². The first-order chi connectivity index (χ1) is 9.70. The number of aryl methyl sites for hydroxylation is 1. The van der Waals surface area contributed by atoms with Gasteiger partial charge in [0.1, 0.15) is 0 Å². The Balaban J connectivity index is 1.94. The highest BCUT2D eigenvalue weighted by atomic mass is 16.2. The first kappa shape index (κ1) is 14.6. The van der Waals surface area contributed by atoms with E-state index in [1.54, 1.807) is 0 Å². The minimum Gasteiger partial charge on any atom is -0.362 e. The number of benzene rings is 1. The summed E-state index contributed by atoms with van der Waals surface area (Å²) in [5, 5.41) is 4.13. The Morgan fingerprint density at radius 2 is 2.20 bits per heavy atom. The maximum absolute atomic E-state index is 12.0. The molecule has 1 heterocycles. The van der Waals surface area contributed by atoms with Gasteiger partial charge in [-0.15, -0.1) is 0 Å². The van der Waals surface area contributed by atoms with Crippen molar-refractivity contribution in [3.05, 3.63) is 29.8 Å². The lowest BCUT2D eigenvalue weighted by Gasteiger charge is -2.30. The zero-order valence-electron chi connectivity index (χ0n) is 12.4. The molecule has 0 aromatic heterocycles. The molecule has 0 radical (unpaired) electrons. The molecule has 0 unspecified atom stereocenters. The second-order valence-electron chi connectivity index (χ2n) is 5.29. The number of hydrogen-bond donors (Lipinski definition) is 1. The van der Waals surface area contributed by atoms with Gasteiger partial charge in [0.05, 0.1) is 6.54 Å². The monoisotopic (exact) mass is 273 g/mol. The van der Waals surface area contributed by atoms with E-state index in [9.17, 15) is 4.79 Å². The van der Waals surface area contributed by atoms with Crippen LogP contribution in [0.15, 0.2) is 29.4 Å². The smallest absolute Gasteiger partial charge is 0.259 e. The van der Waals surface area contributed by atoms with Crippen molar-refractivity contribution < 1.29 is 4.79 Å². The standard InChI is InChI=1S/C16H23N3O/c1-3-7-13(2)17-18-16(20)12-19-11-6-9-14-8-4-5-10-15(14)19/h4-5,8,10H,3,6-7,9,11-12H2,1-2H3,(H,18,20)/b17-13-. The van der Waals surface area contributed by atoms with Crippen LogP contribution in [0.4, 0.5) is 5.69 Å². The fraction of sp³-hybridized carbons (Fsp3) is 0.500. The molecule has 4 nitrogen and oxygen atoms in total. The first-order valence-corrected chi connectivity index (χ1v) is 7.35. The molecule has 0 atom stereocenters. The summed E-state index contributed by atoms with van der Waals surface area (Å²) in [5.41, 5.74) is 6.14. The third kappa shape index (κ3) is 3.83. The number of hydrazone groups is 1. The van der Waals surface area contributed by atoms with E-state index in [1.807, 2.05) is 13.0 Å². The van der Waals surface area contributed by atoms with Crippen molar-refractivity contribution in [2.75, 3.05) is 18.0 Å². The summed E-state index contributed by atoms with van der Waals surface area (Å²) < 4.78 is 0. The Bertz CT molecular complexity index is 496. The van der Waals surface area contributed by atoms with Gasteiger partial charge >= 0.3 is 0 Å². The topological polar surface area (TPSA) is 44.7 Å². The van der Waals surface area contributed by atoms with Crippen LogP contribution in [0, 0.1) is 0 Å². The van der Waals surface area contributed by atoms with Crippen LogP contribution in [-0.4, -0.2) is 24.7 Å². The normalized spacial score (nSPS) is 14.9. The second kappa shape index (κ2) is 7.08. The summed E-state index contributed by atoms with van der Waals surface area (Å²) >= 11 is 0. The summed E-state index contributed by atoms with van der Waals surface area (Å²) in [4.78, 5) is 14.1. The molecule has 0 aliphatic carbocycles. The van der Waals surface area contributed by atoms with E-state index in [4.69, 9.17) is 0 Å². The van der Waals surface area contributed by atoms with Gasteiger partial charge < -0.3 is 4.90 Å². The zero-order valence-corrected chi connectivity index (χ0v) is 12.4. The van der Waals surface area contributed by atoms with Gasteiger partial charge in [-0.1, -0.05) is 31.5 Å². The van der Waals surface area contributed by atoms with E-state index < -0.39 is 0 Å². The lowest BCUT2D eigenvalue weighted by atomic mass is 10.0. The summed E-state index contributed by atoms with van der Waals surface area (Å²) in [6.07, 6.45) is 4.17. The predicted molar refractivity (Wildman–Crippen MR) is 83.1 cm³/mol. The van der Waals surface area contributed by atoms with Gasteiger partial charge in [-0.3, -0.25) is 4.79 Å². The van der Waals surface area contributed by atoms with Crippen LogP contribution in [0.5, 0.6) is 0 Å². The van der Waals surface area contributed by atoms with E-state index in [0.29, 0.717) is 6.54 Å². The number of carbonyl (C=O) groups is 1. The Hall–Kier alpha value is -1.84. The number of fused-ring (bicyclic) bond motifs is 1. The van der Waals surface area contributed by atoms with Crippen molar-refractivity contribution in [2.45, 2.75) is 39.5 Å². The van der Waals surface area contributed by atoms with Crippen molar-refractivity contribution in [1.82, 2.24) is 5.43 Å². The number of amides is 1. The number of nitrogens with zero attached hydrogens (tertiary/aromatic N) is 2. The van der Waals surface area contributed by atoms with E-state index in [2.05, 4.69) is 40.5 Å². The first-order valence-electron chi connectivity index (χ1n) is 7.35. The van der Waals surface area contributed by atoms with Crippen LogP contribution in [0.2, 0.25) is 0 Å². The molecule has 1 aliphatic rings. The highest BCUT2D eigenvalue weighted by molar-refractivity contribution is 5.86. The van der Waals surface area contributed by atoms with Crippen molar-refractivity contribution in [3.63, 3.8) is 0 Å². The van der Waals surface area contributed by atoms with Crippen LogP contribution < -0.4 is 10.3 Å². The predicted octanol–water partition coefficient (Wildman–Crippen LogP) is 2.73. The number of nitrogens with one attached hydrogen (secondary N) is 1. The lowest BCUT2D eigenvalue weighted by Crippen LogP contribution is -2.38. The number of carbonyl (C=O) groups excluding carboxylic acids is 1. The van der Waals surface area contributed by atoms with Crippen LogP contribution in [-0.2, 0) is 11.2 Å². The lowest BCUT2D eigenvalue weighted by molar-refractivity contribution is -0.119. The van der Waals surface area contributed by atoms with Gasteiger partial charge in [-0.25, -0.2) is 5.43 Å². The Kier molecular flexibility index (Phi) is 5.16. The highest BCUT2D eigenvalue weighted by Crippen LogP contribution is 2.26. The van der Waals surface area contributed by atoms with E-state index in [0.717, 1.165) is 37.9 Å². The number of hydrogen-bond acceptors (Lipinski definition) is 3. The van der Waals surface area contributed by atoms with Gasteiger partial charge in [0.2, 0.25) is 0 Å². The maximum atomic E-state index is 12.0. The van der Waals surface area contributed by atoms with Crippen LogP contribution in [0.3, 0.4) is 0 Å². The Labute approximate surface area is 120 Å². The molecule has 0 saturated carbocycles. The number of rotatable bonds is 5. The van der Waals surface area contributed by atoms with Gasteiger partial charge in [-0.2, -0.15) is 5.10 Å². The van der Waals surface area contributed by atoms with Gasteiger partial charge in [0, 0.05) is 17.9 Å². The average molecular weight is 273 g/mol. The van der Waals surface area contributed by atoms with Gasteiger partial charge in [-0.05, 0) is 37.8 Å². The van der Waals surface area contributed by atoms with Crippen LogP contribution >= 0.6 is 0 Å². The molecule has 1 N–H and O–H groups in total. The summed E-state index contributed by atoms with van der Waals surface area (Å²) in [7, 11) is 0. The molecule has 0 spiro atoms. The third-order valence-corrected chi connectivity index (χ3v) is 3.52. The molecular weight excluding hydrogens is 250 g/mol. The summed E-state index contributed by atoms with van der Waals surface area (Å²) in [5.74, 6) is -0.0443. The maximum Gasteiger partial charge on any atom is 0.259 e. The zero-order chi connectivity index (χ0) is 14.4. The molecular formula is C16H23N3O. The molecule has 20 heavy (non-hydrogen) atoms. The van der Waals surface area contributed by atoms with Gasteiger partial charge in [0.15, 0.2) is 0 Å². The van der Waals surface area contributed by atoms with E-state index in [-0.39, 0.29) is 5.91 Å². The molecule has 0 bridgehead atoms. The number of anilines is 1. The van der Waals surface area contributed by atoms with Crippen molar-refractivity contribution >= 4 is 17.3 Å². The fourth-order valence-electron chi connectivity index (χ4n) is 2.56. The third-order valence-electron chi connectivity index (χ3n) is 3.52. The molecule has 0 fully saturated rings. The molecule has 1 aliphatic heterocycles. The Morgan fingerprint density at radius 3 is 3.00 bits per heavy atom. The van der Waals surface area contributed by atoms with Gasteiger partial charge in [0.25, 0.3) is 5.91 Å². The molecule has 1 aromatic rings. The SMILES string of the molecule is CCC/C(C)=N\NC(=O)CN1CCCc2ccccc21. The number of para-hydroxylation sites is 1. The minimum absolute atomic E-state index is 0.0443. The fourth-order valence-corrected chi connectivity index (χ4v) is 2.56. The molecule has 1 aromatic carbocycles. The molecule has 1 amide bonds. The molecule has 0 saturated heterocycles.